The van der Waals surface area contributed by atoms with Crippen LogP contribution in [0.15, 0.2) is 0 Å². The van der Waals surface area contributed by atoms with E-state index < -0.39 is 0 Å². The quantitative estimate of drug-likeness (QED) is 0.868. The Morgan fingerprint density at radius 2 is 1.91 bits per heavy atom. The van der Waals surface area contributed by atoms with Crippen LogP contribution in [-0.2, 0) is 4.79 Å². The molecule has 126 valence electrons. The van der Waals surface area contributed by atoms with Crippen molar-refractivity contribution in [3.63, 3.8) is 0 Å². The second-order valence-corrected chi connectivity index (χ2v) is 9.40. The fourth-order valence-electron chi connectivity index (χ4n) is 5.33. The van der Waals surface area contributed by atoms with Crippen molar-refractivity contribution in [2.24, 2.45) is 17.8 Å². The lowest BCUT2D eigenvalue weighted by Crippen LogP contribution is -2.49. The van der Waals surface area contributed by atoms with Gasteiger partial charge in [-0.3, -0.25) is 9.89 Å². The van der Waals surface area contributed by atoms with Crippen molar-refractivity contribution in [2.45, 2.75) is 63.2 Å². The van der Waals surface area contributed by atoms with Gasteiger partial charge in [0.05, 0.1) is 11.8 Å². The van der Waals surface area contributed by atoms with E-state index in [-0.39, 0.29) is 11.9 Å². The van der Waals surface area contributed by atoms with E-state index in [2.05, 4.69) is 20.5 Å². The van der Waals surface area contributed by atoms with Gasteiger partial charge in [-0.2, -0.15) is 5.10 Å². The van der Waals surface area contributed by atoms with Gasteiger partial charge in [-0.05, 0) is 70.1 Å². The first kappa shape index (κ1) is 15.5. The molecule has 4 aliphatic carbocycles. The lowest BCUT2D eigenvalue weighted by atomic mass is 9.56. The van der Waals surface area contributed by atoms with E-state index in [1.807, 2.05) is 25.6 Å². The van der Waals surface area contributed by atoms with Gasteiger partial charge < -0.3 is 5.32 Å². The summed E-state index contributed by atoms with van der Waals surface area (Å²) in [5.74, 6) is 4.94. The van der Waals surface area contributed by atoms with Gasteiger partial charge in [-0.1, -0.05) is 0 Å². The molecule has 5 rings (SSSR count). The van der Waals surface area contributed by atoms with Crippen molar-refractivity contribution in [1.82, 2.24) is 20.5 Å². The maximum absolute atomic E-state index is 12.3. The summed E-state index contributed by atoms with van der Waals surface area (Å²) in [5.41, 5.74) is 0. The van der Waals surface area contributed by atoms with Crippen LogP contribution in [0.2, 0.25) is 0 Å². The molecular formula is C17H26N4OS. The van der Waals surface area contributed by atoms with Crippen molar-refractivity contribution in [2.75, 3.05) is 5.75 Å². The molecule has 0 radical (unpaired) electrons. The Balaban J connectivity index is 1.31. The SMILES string of the molecule is Cc1nc(C(C)NC(=O)CSC23CC4CC(CC(C4)C2)C3)n[nH]1. The van der Waals surface area contributed by atoms with Gasteiger partial charge in [0.15, 0.2) is 5.82 Å². The molecule has 1 aromatic heterocycles. The number of nitrogens with zero attached hydrogens (tertiary/aromatic N) is 2. The fourth-order valence-corrected chi connectivity index (χ4v) is 6.91. The Bertz CT molecular complexity index is 564. The third-order valence-electron chi connectivity index (χ3n) is 5.87. The predicted octanol–water partition coefficient (Wildman–Crippen LogP) is 2.99. The minimum atomic E-state index is -0.135. The molecule has 1 heterocycles. The Morgan fingerprint density at radius 3 is 2.43 bits per heavy atom. The van der Waals surface area contributed by atoms with Gasteiger partial charge in [-0.25, -0.2) is 4.98 Å². The number of rotatable bonds is 5. The summed E-state index contributed by atoms with van der Waals surface area (Å²) in [4.78, 5) is 16.6. The van der Waals surface area contributed by atoms with Gasteiger partial charge in [0.2, 0.25) is 5.91 Å². The molecule has 4 aliphatic rings. The number of amides is 1. The highest BCUT2D eigenvalue weighted by atomic mass is 32.2. The predicted molar refractivity (Wildman–Crippen MR) is 91.0 cm³/mol. The van der Waals surface area contributed by atoms with E-state index in [0.717, 1.165) is 23.6 Å². The zero-order valence-electron chi connectivity index (χ0n) is 14.0. The van der Waals surface area contributed by atoms with Crippen molar-refractivity contribution in [1.29, 1.82) is 0 Å². The Hall–Kier alpha value is -1.04. The molecule has 4 fully saturated rings. The fraction of sp³-hybridized carbons (Fsp3) is 0.824. The normalized spacial score (nSPS) is 36.2. The van der Waals surface area contributed by atoms with Crippen LogP contribution in [0, 0.1) is 24.7 Å². The summed E-state index contributed by atoms with van der Waals surface area (Å²) in [6, 6.07) is -0.135. The molecule has 6 heteroatoms. The zero-order chi connectivity index (χ0) is 16.0. The topological polar surface area (TPSA) is 70.7 Å². The molecule has 2 N–H and O–H groups in total. The summed E-state index contributed by atoms with van der Waals surface area (Å²) in [7, 11) is 0. The Morgan fingerprint density at radius 1 is 1.30 bits per heavy atom. The number of nitrogens with one attached hydrogen (secondary N) is 2. The van der Waals surface area contributed by atoms with E-state index in [9.17, 15) is 4.79 Å². The number of aromatic amines is 1. The summed E-state index contributed by atoms with van der Waals surface area (Å²) in [6.07, 6.45) is 8.37. The summed E-state index contributed by atoms with van der Waals surface area (Å²) in [5, 5.41) is 9.99. The second kappa shape index (κ2) is 5.80. The van der Waals surface area contributed by atoms with E-state index in [1.165, 1.54) is 38.5 Å². The van der Waals surface area contributed by atoms with Crippen LogP contribution in [0.3, 0.4) is 0 Å². The molecule has 0 aliphatic heterocycles. The largest absolute Gasteiger partial charge is 0.346 e. The smallest absolute Gasteiger partial charge is 0.230 e. The highest BCUT2D eigenvalue weighted by molar-refractivity contribution is 8.01. The molecule has 1 amide bonds. The number of H-pyrrole nitrogens is 1. The lowest BCUT2D eigenvalue weighted by molar-refractivity contribution is -0.119. The minimum Gasteiger partial charge on any atom is -0.346 e. The van der Waals surface area contributed by atoms with Crippen LogP contribution in [0.4, 0.5) is 0 Å². The third kappa shape index (κ3) is 3.14. The molecule has 4 saturated carbocycles. The number of aromatic nitrogens is 3. The first-order valence-electron chi connectivity index (χ1n) is 8.83. The summed E-state index contributed by atoms with van der Waals surface area (Å²) < 4.78 is 0.399. The number of hydrogen-bond acceptors (Lipinski definition) is 4. The third-order valence-corrected chi connectivity index (χ3v) is 7.39. The van der Waals surface area contributed by atoms with Crippen LogP contribution in [0.25, 0.3) is 0 Å². The van der Waals surface area contributed by atoms with Crippen molar-refractivity contribution >= 4 is 17.7 Å². The lowest BCUT2D eigenvalue weighted by Gasteiger charge is -2.56. The molecule has 1 atom stereocenters. The van der Waals surface area contributed by atoms with E-state index in [1.54, 1.807) is 0 Å². The molecule has 23 heavy (non-hydrogen) atoms. The first-order valence-corrected chi connectivity index (χ1v) is 9.82. The van der Waals surface area contributed by atoms with Crippen LogP contribution in [-0.4, -0.2) is 31.6 Å². The van der Waals surface area contributed by atoms with Gasteiger partial charge in [0.1, 0.15) is 5.82 Å². The number of carbonyl (C=O) groups is 1. The summed E-state index contributed by atoms with van der Waals surface area (Å²) in [6.45, 7) is 3.81. The number of thioether (sulfide) groups is 1. The van der Waals surface area contributed by atoms with Crippen LogP contribution in [0.1, 0.15) is 63.1 Å². The number of carbonyl (C=O) groups excluding carboxylic acids is 1. The highest BCUT2D eigenvalue weighted by Crippen LogP contribution is 2.60. The second-order valence-electron chi connectivity index (χ2n) is 7.96. The number of hydrogen-bond donors (Lipinski definition) is 2. The van der Waals surface area contributed by atoms with E-state index >= 15 is 0 Å². The average molecular weight is 334 g/mol. The van der Waals surface area contributed by atoms with E-state index in [4.69, 9.17) is 0 Å². The minimum absolute atomic E-state index is 0.112. The molecule has 0 saturated heterocycles. The van der Waals surface area contributed by atoms with Crippen LogP contribution in [0.5, 0.6) is 0 Å². The molecule has 1 unspecified atom stereocenters. The van der Waals surface area contributed by atoms with Crippen molar-refractivity contribution < 1.29 is 4.79 Å². The maximum Gasteiger partial charge on any atom is 0.230 e. The molecule has 0 aromatic carbocycles. The molecule has 1 aromatic rings. The molecule has 0 spiro atoms. The molecular weight excluding hydrogens is 308 g/mol. The molecule has 5 nitrogen and oxygen atoms in total. The zero-order valence-corrected chi connectivity index (χ0v) is 14.8. The average Bonchev–Trinajstić information content (AvgIpc) is 2.91. The van der Waals surface area contributed by atoms with Gasteiger partial charge in [0.25, 0.3) is 0 Å². The monoisotopic (exact) mass is 334 g/mol. The Kier molecular flexibility index (Phi) is 3.90. The highest BCUT2D eigenvalue weighted by Gasteiger charge is 2.51. The van der Waals surface area contributed by atoms with E-state index in [0.29, 0.717) is 16.3 Å². The standard InChI is InChI=1S/C17H26N4OS/c1-10(16-19-11(2)20-21-16)18-15(22)9-23-17-6-12-3-13(7-17)5-14(4-12)8-17/h10,12-14H,3-9H2,1-2H3,(H,18,22)(H,19,20,21). The molecule has 4 bridgehead atoms. The van der Waals surface area contributed by atoms with Gasteiger partial charge >= 0.3 is 0 Å². The van der Waals surface area contributed by atoms with Gasteiger partial charge in [0, 0.05) is 4.75 Å². The first-order chi connectivity index (χ1) is 11.0. The van der Waals surface area contributed by atoms with Crippen LogP contribution < -0.4 is 5.32 Å². The summed E-state index contributed by atoms with van der Waals surface area (Å²) >= 11 is 1.92. The van der Waals surface area contributed by atoms with Gasteiger partial charge in [-0.15, -0.1) is 11.8 Å². The maximum atomic E-state index is 12.3. The van der Waals surface area contributed by atoms with Crippen molar-refractivity contribution in [3.8, 4) is 0 Å². The van der Waals surface area contributed by atoms with Crippen molar-refractivity contribution in [3.05, 3.63) is 11.6 Å². The Labute approximate surface area is 141 Å². The van der Waals surface area contributed by atoms with Crippen LogP contribution >= 0.6 is 11.8 Å². The number of aryl methyl sites for hydroxylation is 1.